The number of carbonyl (C=O) groups is 1. The van der Waals surface area contributed by atoms with E-state index in [1.54, 1.807) is 7.11 Å². The van der Waals surface area contributed by atoms with Gasteiger partial charge in [0.2, 0.25) is 17.6 Å². The molecule has 0 fully saturated rings. The minimum atomic E-state index is -0.157. The van der Waals surface area contributed by atoms with E-state index in [-0.39, 0.29) is 18.4 Å². The van der Waals surface area contributed by atoms with Crippen molar-refractivity contribution >= 4 is 5.91 Å². The van der Waals surface area contributed by atoms with Crippen LogP contribution in [0.1, 0.15) is 36.4 Å². The fraction of sp³-hybridized carbons (Fsp3) is 0.286. The molecule has 0 aliphatic carbocycles. The second kappa shape index (κ2) is 8.49. The van der Waals surface area contributed by atoms with Gasteiger partial charge in [0.1, 0.15) is 5.75 Å². The Balaban J connectivity index is 1.57. The quantitative estimate of drug-likeness (QED) is 0.688. The molecule has 1 heterocycles. The van der Waals surface area contributed by atoms with Crippen LogP contribution in [0.4, 0.5) is 0 Å². The Morgan fingerprint density at radius 3 is 2.74 bits per heavy atom. The van der Waals surface area contributed by atoms with Crippen LogP contribution in [0.3, 0.4) is 0 Å². The third kappa shape index (κ3) is 4.73. The molecule has 0 aliphatic rings. The number of methoxy groups -OCH3 is 1. The molecule has 1 amide bonds. The minimum absolute atomic E-state index is 0.0782. The lowest BCUT2D eigenvalue weighted by Gasteiger charge is -2.17. The summed E-state index contributed by atoms with van der Waals surface area (Å²) >= 11 is 0. The minimum Gasteiger partial charge on any atom is -0.496 e. The van der Waals surface area contributed by atoms with E-state index in [2.05, 4.69) is 15.5 Å². The Bertz CT molecular complexity index is 906. The van der Waals surface area contributed by atoms with Gasteiger partial charge in [-0.15, -0.1) is 0 Å². The number of aryl methyl sites for hydroxylation is 2. The molecule has 0 saturated carbocycles. The number of benzene rings is 2. The van der Waals surface area contributed by atoms with E-state index >= 15 is 0 Å². The number of carbonyl (C=O) groups excluding carboxylic acids is 1. The number of rotatable bonds is 7. The van der Waals surface area contributed by atoms with E-state index in [0.29, 0.717) is 18.1 Å². The molecule has 2 aromatic carbocycles. The number of ether oxygens (including phenoxy) is 1. The van der Waals surface area contributed by atoms with Crippen molar-refractivity contribution in [2.45, 2.75) is 32.7 Å². The van der Waals surface area contributed by atoms with Gasteiger partial charge in [-0.3, -0.25) is 4.79 Å². The molecule has 0 saturated heterocycles. The lowest BCUT2D eigenvalue weighted by atomic mass is 10.0. The summed E-state index contributed by atoms with van der Waals surface area (Å²) in [5, 5.41) is 6.97. The van der Waals surface area contributed by atoms with Gasteiger partial charge in [-0.1, -0.05) is 53.2 Å². The van der Waals surface area contributed by atoms with Gasteiger partial charge in [-0.05, 0) is 19.9 Å². The zero-order valence-corrected chi connectivity index (χ0v) is 15.7. The molecule has 1 N–H and O–H groups in total. The van der Waals surface area contributed by atoms with E-state index < -0.39 is 0 Å². The molecule has 0 aliphatic heterocycles. The zero-order valence-electron chi connectivity index (χ0n) is 15.7. The standard InChI is InChI=1S/C21H23N3O3/c1-14-9-10-18(26-3)17(13-14)15(2)22-19(25)11-12-20-23-21(24-27-20)16-7-5-4-6-8-16/h4-10,13,15H,11-12H2,1-3H3,(H,22,25). The van der Waals surface area contributed by atoms with Gasteiger partial charge in [0.05, 0.1) is 13.2 Å². The van der Waals surface area contributed by atoms with Crippen LogP contribution in [-0.2, 0) is 11.2 Å². The highest BCUT2D eigenvalue weighted by Crippen LogP contribution is 2.26. The lowest BCUT2D eigenvalue weighted by molar-refractivity contribution is -0.121. The first-order chi connectivity index (χ1) is 13.1. The summed E-state index contributed by atoms with van der Waals surface area (Å²) in [6.45, 7) is 3.95. The highest BCUT2D eigenvalue weighted by molar-refractivity contribution is 5.76. The largest absolute Gasteiger partial charge is 0.496 e. The monoisotopic (exact) mass is 365 g/mol. The van der Waals surface area contributed by atoms with Gasteiger partial charge in [-0.2, -0.15) is 4.98 Å². The number of hydrogen-bond acceptors (Lipinski definition) is 5. The summed E-state index contributed by atoms with van der Waals surface area (Å²) in [6.07, 6.45) is 0.665. The van der Waals surface area contributed by atoms with Crippen LogP contribution in [0, 0.1) is 6.92 Å². The molecule has 3 rings (SSSR count). The van der Waals surface area contributed by atoms with Crippen LogP contribution in [-0.4, -0.2) is 23.2 Å². The first kappa shape index (κ1) is 18.6. The van der Waals surface area contributed by atoms with E-state index in [1.807, 2.05) is 62.4 Å². The predicted octanol–water partition coefficient (Wildman–Crippen LogP) is 3.86. The molecule has 0 radical (unpaired) electrons. The summed E-state index contributed by atoms with van der Waals surface area (Å²) in [5.41, 5.74) is 2.96. The van der Waals surface area contributed by atoms with Crippen molar-refractivity contribution < 1.29 is 14.1 Å². The molecule has 140 valence electrons. The SMILES string of the molecule is COc1ccc(C)cc1C(C)NC(=O)CCc1nc(-c2ccccc2)no1. The molecule has 27 heavy (non-hydrogen) atoms. The molecule has 1 unspecified atom stereocenters. The highest BCUT2D eigenvalue weighted by Gasteiger charge is 2.16. The summed E-state index contributed by atoms with van der Waals surface area (Å²) in [5.74, 6) is 1.66. The Morgan fingerprint density at radius 2 is 2.00 bits per heavy atom. The normalized spacial score (nSPS) is 11.8. The van der Waals surface area contributed by atoms with Crippen molar-refractivity contribution in [3.63, 3.8) is 0 Å². The number of nitrogens with zero attached hydrogens (tertiary/aromatic N) is 2. The van der Waals surface area contributed by atoms with Crippen molar-refractivity contribution in [2.75, 3.05) is 7.11 Å². The Hall–Kier alpha value is -3.15. The van der Waals surface area contributed by atoms with Gasteiger partial charge in [0.25, 0.3) is 0 Å². The Morgan fingerprint density at radius 1 is 1.22 bits per heavy atom. The van der Waals surface area contributed by atoms with E-state index in [0.717, 1.165) is 22.4 Å². The van der Waals surface area contributed by atoms with Crippen LogP contribution < -0.4 is 10.1 Å². The Kier molecular flexibility index (Phi) is 5.86. The van der Waals surface area contributed by atoms with Gasteiger partial charge in [0, 0.05) is 24.0 Å². The third-order valence-corrected chi connectivity index (χ3v) is 4.30. The third-order valence-electron chi connectivity index (χ3n) is 4.30. The van der Waals surface area contributed by atoms with Crippen molar-refractivity contribution in [3.05, 3.63) is 65.5 Å². The maximum absolute atomic E-state index is 12.3. The molecule has 6 nitrogen and oxygen atoms in total. The summed E-state index contributed by atoms with van der Waals surface area (Å²) in [6, 6.07) is 15.4. The van der Waals surface area contributed by atoms with Crippen LogP contribution in [0.5, 0.6) is 5.75 Å². The first-order valence-electron chi connectivity index (χ1n) is 8.88. The van der Waals surface area contributed by atoms with Crippen molar-refractivity contribution in [1.82, 2.24) is 15.5 Å². The van der Waals surface area contributed by atoms with Gasteiger partial charge in [0.15, 0.2) is 0 Å². The fourth-order valence-electron chi connectivity index (χ4n) is 2.86. The topological polar surface area (TPSA) is 77.2 Å². The molecule has 0 bridgehead atoms. The first-order valence-corrected chi connectivity index (χ1v) is 8.88. The second-order valence-corrected chi connectivity index (χ2v) is 6.41. The van der Waals surface area contributed by atoms with Crippen LogP contribution >= 0.6 is 0 Å². The molecular formula is C21H23N3O3. The Labute approximate surface area is 158 Å². The average molecular weight is 365 g/mol. The van der Waals surface area contributed by atoms with Crippen molar-refractivity contribution in [2.24, 2.45) is 0 Å². The molecule has 0 spiro atoms. The second-order valence-electron chi connectivity index (χ2n) is 6.41. The van der Waals surface area contributed by atoms with Gasteiger partial charge >= 0.3 is 0 Å². The van der Waals surface area contributed by atoms with Gasteiger partial charge < -0.3 is 14.6 Å². The van der Waals surface area contributed by atoms with E-state index in [4.69, 9.17) is 9.26 Å². The number of nitrogens with one attached hydrogen (secondary N) is 1. The predicted molar refractivity (Wildman–Crippen MR) is 102 cm³/mol. The van der Waals surface area contributed by atoms with Crippen LogP contribution in [0.25, 0.3) is 11.4 Å². The lowest BCUT2D eigenvalue weighted by Crippen LogP contribution is -2.27. The van der Waals surface area contributed by atoms with Crippen molar-refractivity contribution in [3.8, 4) is 17.1 Å². The zero-order chi connectivity index (χ0) is 19.2. The van der Waals surface area contributed by atoms with Crippen molar-refractivity contribution in [1.29, 1.82) is 0 Å². The van der Waals surface area contributed by atoms with E-state index in [9.17, 15) is 4.79 Å². The van der Waals surface area contributed by atoms with Gasteiger partial charge in [-0.25, -0.2) is 0 Å². The fourth-order valence-corrected chi connectivity index (χ4v) is 2.86. The van der Waals surface area contributed by atoms with Crippen LogP contribution in [0.2, 0.25) is 0 Å². The average Bonchev–Trinajstić information content (AvgIpc) is 3.16. The summed E-state index contributed by atoms with van der Waals surface area (Å²) in [7, 11) is 1.63. The maximum atomic E-state index is 12.3. The summed E-state index contributed by atoms with van der Waals surface area (Å²) < 4.78 is 10.6. The molecular weight excluding hydrogens is 342 g/mol. The molecule has 3 aromatic rings. The summed E-state index contributed by atoms with van der Waals surface area (Å²) in [4.78, 5) is 16.7. The van der Waals surface area contributed by atoms with E-state index in [1.165, 1.54) is 0 Å². The maximum Gasteiger partial charge on any atom is 0.227 e. The molecule has 1 atom stereocenters. The number of aromatic nitrogens is 2. The highest BCUT2D eigenvalue weighted by atomic mass is 16.5. The number of amides is 1. The molecule has 1 aromatic heterocycles. The molecule has 6 heteroatoms. The number of hydrogen-bond donors (Lipinski definition) is 1. The van der Waals surface area contributed by atoms with Crippen LogP contribution in [0.15, 0.2) is 53.1 Å². The smallest absolute Gasteiger partial charge is 0.227 e.